The average molecular weight is 292 g/mol. The summed E-state index contributed by atoms with van der Waals surface area (Å²) in [6.07, 6.45) is 1.61. The average Bonchev–Trinajstić information content (AvgIpc) is 2.41. The molecule has 104 valence electrons. The van der Waals surface area contributed by atoms with Crippen molar-refractivity contribution in [2.45, 2.75) is 13.5 Å². The number of hydrogen-bond acceptors (Lipinski definition) is 3. The Morgan fingerprint density at radius 3 is 2.65 bits per heavy atom. The molecule has 0 atom stereocenters. The number of aryl methyl sites for hydroxylation is 1. The van der Waals surface area contributed by atoms with Gasteiger partial charge in [0.1, 0.15) is 5.75 Å². The molecule has 0 saturated heterocycles. The van der Waals surface area contributed by atoms with Gasteiger partial charge in [-0.2, -0.15) is 0 Å². The molecule has 0 amide bonds. The van der Waals surface area contributed by atoms with Crippen molar-refractivity contribution in [3.8, 4) is 5.75 Å². The lowest BCUT2D eigenvalue weighted by atomic mass is 10.1. The van der Waals surface area contributed by atoms with Gasteiger partial charge in [-0.25, -0.2) is 0 Å². The summed E-state index contributed by atoms with van der Waals surface area (Å²) >= 11 is 5.98. The van der Waals surface area contributed by atoms with E-state index in [4.69, 9.17) is 16.3 Å². The summed E-state index contributed by atoms with van der Waals surface area (Å²) < 4.78 is 6.40. The van der Waals surface area contributed by atoms with E-state index in [1.807, 2.05) is 6.92 Å². The van der Waals surface area contributed by atoms with Crippen LogP contribution >= 0.6 is 11.6 Å². The summed E-state index contributed by atoms with van der Waals surface area (Å²) in [5.74, 6) is 0.330. The van der Waals surface area contributed by atoms with Gasteiger partial charge in [0.15, 0.2) is 5.78 Å². The van der Waals surface area contributed by atoms with E-state index in [-0.39, 0.29) is 17.9 Å². The molecule has 1 heterocycles. The molecular formula is C15H14ClNO3. The Morgan fingerprint density at radius 2 is 2.05 bits per heavy atom. The number of carbonyl (C=O) groups is 1. The fourth-order valence-corrected chi connectivity index (χ4v) is 2.08. The highest BCUT2D eigenvalue weighted by Gasteiger charge is 2.10. The molecule has 0 aliphatic heterocycles. The van der Waals surface area contributed by atoms with Crippen LogP contribution in [0.1, 0.15) is 15.9 Å². The third kappa shape index (κ3) is 3.08. The Morgan fingerprint density at radius 1 is 1.30 bits per heavy atom. The third-order valence-electron chi connectivity index (χ3n) is 2.94. The van der Waals surface area contributed by atoms with Crippen LogP contribution < -0.4 is 10.3 Å². The first kappa shape index (κ1) is 14.3. The SMILES string of the molecule is COc1ccc(C(=O)Cn2ccc(C)cc2=O)cc1Cl. The van der Waals surface area contributed by atoms with Gasteiger partial charge in [0, 0.05) is 17.8 Å². The Bertz CT molecular complexity index is 707. The highest BCUT2D eigenvalue weighted by molar-refractivity contribution is 6.32. The number of aromatic nitrogens is 1. The number of ketones is 1. The van der Waals surface area contributed by atoms with Crippen molar-refractivity contribution < 1.29 is 9.53 Å². The van der Waals surface area contributed by atoms with Crippen molar-refractivity contribution in [1.82, 2.24) is 4.57 Å². The smallest absolute Gasteiger partial charge is 0.251 e. The number of benzene rings is 1. The Labute approximate surface area is 121 Å². The number of pyridine rings is 1. The first-order chi connectivity index (χ1) is 9.51. The maximum atomic E-state index is 12.1. The zero-order valence-corrected chi connectivity index (χ0v) is 12.0. The first-order valence-corrected chi connectivity index (χ1v) is 6.43. The van der Waals surface area contributed by atoms with Crippen LogP contribution in [-0.2, 0) is 6.54 Å². The lowest BCUT2D eigenvalue weighted by Gasteiger charge is -2.07. The van der Waals surface area contributed by atoms with E-state index in [2.05, 4.69) is 0 Å². The zero-order chi connectivity index (χ0) is 14.7. The molecule has 4 nitrogen and oxygen atoms in total. The number of nitrogens with zero attached hydrogens (tertiary/aromatic N) is 1. The van der Waals surface area contributed by atoms with Gasteiger partial charge >= 0.3 is 0 Å². The Kier molecular flexibility index (Phi) is 4.25. The largest absolute Gasteiger partial charge is 0.495 e. The first-order valence-electron chi connectivity index (χ1n) is 6.05. The van der Waals surface area contributed by atoms with E-state index in [0.29, 0.717) is 16.3 Å². The topological polar surface area (TPSA) is 48.3 Å². The predicted molar refractivity (Wildman–Crippen MR) is 77.8 cm³/mol. The highest BCUT2D eigenvalue weighted by Crippen LogP contribution is 2.25. The van der Waals surface area contributed by atoms with Crippen molar-refractivity contribution in [2.75, 3.05) is 7.11 Å². The lowest BCUT2D eigenvalue weighted by Crippen LogP contribution is -2.23. The molecule has 0 N–H and O–H groups in total. The number of rotatable bonds is 4. The van der Waals surface area contributed by atoms with Gasteiger partial charge in [-0.05, 0) is 36.8 Å². The quantitative estimate of drug-likeness (QED) is 0.814. The van der Waals surface area contributed by atoms with Crippen molar-refractivity contribution in [2.24, 2.45) is 0 Å². The summed E-state index contributed by atoms with van der Waals surface area (Å²) in [6.45, 7) is 1.82. The summed E-state index contributed by atoms with van der Waals surface area (Å²) in [6, 6.07) is 8.09. The molecule has 0 aliphatic carbocycles. The molecular weight excluding hydrogens is 278 g/mol. The lowest BCUT2D eigenvalue weighted by molar-refractivity contribution is 0.0971. The molecule has 0 fully saturated rings. The van der Waals surface area contributed by atoms with Crippen LogP contribution in [0.15, 0.2) is 41.3 Å². The number of carbonyl (C=O) groups excluding carboxylic acids is 1. The molecule has 0 unspecified atom stereocenters. The molecule has 5 heteroatoms. The number of halogens is 1. The summed E-state index contributed by atoms with van der Waals surface area (Å²) in [7, 11) is 1.51. The number of Topliss-reactive ketones (excluding diaryl/α,β-unsaturated/α-hetero) is 1. The van der Waals surface area contributed by atoms with Crippen molar-refractivity contribution in [3.05, 3.63) is 63.0 Å². The summed E-state index contributed by atoms with van der Waals surface area (Å²) in [5.41, 5.74) is 1.12. The summed E-state index contributed by atoms with van der Waals surface area (Å²) in [5, 5.41) is 0.370. The van der Waals surface area contributed by atoms with Crippen LogP contribution in [-0.4, -0.2) is 17.5 Å². The fourth-order valence-electron chi connectivity index (χ4n) is 1.82. The molecule has 0 aliphatic rings. The molecule has 0 bridgehead atoms. The molecule has 20 heavy (non-hydrogen) atoms. The van der Waals surface area contributed by atoms with Crippen LogP contribution in [0.5, 0.6) is 5.75 Å². The van der Waals surface area contributed by atoms with E-state index >= 15 is 0 Å². The van der Waals surface area contributed by atoms with E-state index in [9.17, 15) is 9.59 Å². The van der Waals surface area contributed by atoms with Gasteiger partial charge < -0.3 is 9.30 Å². The normalized spacial score (nSPS) is 10.3. The standard InChI is InChI=1S/C15H14ClNO3/c1-10-5-6-17(15(19)7-10)9-13(18)11-3-4-14(20-2)12(16)8-11/h3-8H,9H2,1-2H3. The maximum Gasteiger partial charge on any atom is 0.251 e. The number of methoxy groups -OCH3 is 1. The Hall–Kier alpha value is -2.07. The van der Waals surface area contributed by atoms with E-state index < -0.39 is 0 Å². The van der Waals surface area contributed by atoms with Gasteiger partial charge in [0.25, 0.3) is 5.56 Å². The van der Waals surface area contributed by atoms with Crippen LogP contribution in [0.3, 0.4) is 0 Å². The minimum absolute atomic E-state index is 0.0121. The predicted octanol–water partition coefficient (Wildman–Crippen LogP) is 2.70. The molecule has 1 aromatic carbocycles. The van der Waals surface area contributed by atoms with Gasteiger partial charge in [-0.3, -0.25) is 9.59 Å². The molecule has 2 rings (SSSR count). The molecule has 2 aromatic rings. The monoisotopic (exact) mass is 291 g/mol. The van der Waals surface area contributed by atoms with E-state index in [0.717, 1.165) is 5.56 Å². The maximum absolute atomic E-state index is 12.1. The van der Waals surface area contributed by atoms with E-state index in [1.165, 1.54) is 17.7 Å². The van der Waals surface area contributed by atoms with Crippen LogP contribution in [0.2, 0.25) is 5.02 Å². The van der Waals surface area contributed by atoms with E-state index in [1.54, 1.807) is 30.5 Å². The van der Waals surface area contributed by atoms with Gasteiger partial charge in [0.05, 0.1) is 18.7 Å². The molecule has 1 aromatic heterocycles. The Balaban J connectivity index is 2.24. The van der Waals surface area contributed by atoms with Crippen molar-refractivity contribution in [1.29, 1.82) is 0 Å². The van der Waals surface area contributed by atoms with Gasteiger partial charge in [-0.15, -0.1) is 0 Å². The van der Waals surface area contributed by atoms with Gasteiger partial charge in [0.2, 0.25) is 0 Å². The van der Waals surface area contributed by atoms with Crippen LogP contribution in [0.25, 0.3) is 0 Å². The van der Waals surface area contributed by atoms with Crippen molar-refractivity contribution in [3.63, 3.8) is 0 Å². The number of ether oxygens (including phenoxy) is 1. The zero-order valence-electron chi connectivity index (χ0n) is 11.2. The van der Waals surface area contributed by atoms with Crippen molar-refractivity contribution >= 4 is 17.4 Å². The summed E-state index contributed by atoms with van der Waals surface area (Å²) in [4.78, 5) is 23.9. The molecule has 0 spiro atoms. The van der Waals surface area contributed by atoms with Crippen LogP contribution in [0.4, 0.5) is 0 Å². The number of hydrogen-bond donors (Lipinski definition) is 0. The minimum atomic E-state index is -0.196. The molecule has 0 saturated carbocycles. The van der Waals surface area contributed by atoms with Crippen LogP contribution in [0, 0.1) is 6.92 Å². The second-order valence-corrected chi connectivity index (χ2v) is 4.85. The highest BCUT2D eigenvalue weighted by atomic mass is 35.5. The third-order valence-corrected chi connectivity index (χ3v) is 3.23. The fraction of sp³-hybridized carbons (Fsp3) is 0.200. The van der Waals surface area contributed by atoms with Gasteiger partial charge in [-0.1, -0.05) is 11.6 Å². The second-order valence-electron chi connectivity index (χ2n) is 4.44. The minimum Gasteiger partial charge on any atom is -0.495 e. The molecule has 0 radical (unpaired) electrons. The second kappa shape index (κ2) is 5.92.